The lowest BCUT2D eigenvalue weighted by Gasteiger charge is -2.32. The van der Waals surface area contributed by atoms with Crippen molar-refractivity contribution in [2.24, 2.45) is 0 Å². The van der Waals surface area contributed by atoms with Gasteiger partial charge in [0.2, 0.25) is 5.88 Å². The van der Waals surface area contributed by atoms with E-state index in [2.05, 4.69) is 11.1 Å². The highest BCUT2D eigenvalue weighted by molar-refractivity contribution is 6.62. The topological polar surface area (TPSA) is 64.4 Å². The number of ether oxygens (including phenoxy) is 1. The molecule has 1 fully saturated rings. The van der Waals surface area contributed by atoms with E-state index in [9.17, 15) is 0 Å². The van der Waals surface area contributed by atoms with Crippen molar-refractivity contribution in [2.75, 3.05) is 7.11 Å². The van der Waals surface area contributed by atoms with Crippen LogP contribution in [0.15, 0.2) is 12.3 Å². The molecule has 1 aromatic rings. The Kier molecular flexibility index (Phi) is 3.76. The molecule has 0 aromatic carbocycles. The van der Waals surface area contributed by atoms with Crippen molar-refractivity contribution >= 4 is 12.6 Å². The fourth-order valence-electron chi connectivity index (χ4n) is 2.01. The van der Waals surface area contributed by atoms with Crippen LogP contribution in [0.25, 0.3) is 0 Å². The van der Waals surface area contributed by atoms with E-state index in [-0.39, 0.29) is 6.42 Å². The van der Waals surface area contributed by atoms with Crippen molar-refractivity contribution in [3.05, 3.63) is 17.8 Å². The van der Waals surface area contributed by atoms with Crippen LogP contribution < -0.4 is 10.2 Å². The Bertz CT molecular complexity index is 536. The lowest BCUT2D eigenvalue weighted by atomic mass is 9.76. The van der Waals surface area contributed by atoms with Gasteiger partial charge in [0.05, 0.1) is 30.8 Å². The molecule has 1 saturated heterocycles. The second-order valence-corrected chi connectivity index (χ2v) is 5.85. The van der Waals surface area contributed by atoms with Gasteiger partial charge in [-0.05, 0) is 38.7 Å². The molecule has 0 saturated carbocycles. The fourth-order valence-corrected chi connectivity index (χ4v) is 2.01. The summed E-state index contributed by atoms with van der Waals surface area (Å²) in [5, 5.41) is 8.93. The molecule has 1 aromatic heterocycles. The van der Waals surface area contributed by atoms with Gasteiger partial charge in [0.15, 0.2) is 0 Å². The maximum Gasteiger partial charge on any atom is 0.495 e. The minimum Gasteiger partial charge on any atom is -0.481 e. The minimum atomic E-state index is -0.514. The van der Waals surface area contributed by atoms with E-state index in [0.29, 0.717) is 5.88 Å². The zero-order chi connectivity index (χ0) is 15.0. The van der Waals surface area contributed by atoms with Gasteiger partial charge in [-0.2, -0.15) is 5.26 Å². The average Bonchev–Trinajstić information content (AvgIpc) is 2.59. The molecule has 0 radical (unpaired) electrons. The van der Waals surface area contributed by atoms with E-state index >= 15 is 0 Å². The summed E-state index contributed by atoms with van der Waals surface area (Å²) in [7, 11) is 1.04. The molecule has 0 amide bonds. The van der Waals surface area contributed by atoms with Crippen LogP contribution in [0.2, 0.25) is 0 Å². The first kappa shape index (κ1) is 14.8. The lowest BCUT2D eigenvalue weighted by Crippen LogP contribution is -2.41. The number of nitrogens with zero attached hydrogens (tertiary/aromatic N) is 2. The Morgan fingerprint density at radius 3 is 2.40 bits per heavy atom. The molecule has 0 bridgehead atoms. The smallest absolute Gasteiger partial charge is 0.481 e. The van der Waals surface area contributed by atoms with Crippen molar-refractivity contribution in [2.45, 2.75) is 45.3 Å². The van der Waals surface area contributed by atoms with Crippen molar-refractivity contribution in [3.63, 3.8) is 0 Å². The van der Waals surface area contributed by atoms with E-state index in [1.54, 1.807) is 19.4 Å². The van der Waals surface area contributed by atoms with Gasteiger partial charge in [0.25, 0.3) is 0 Å². The molecule has 106 valence electrons. The predicted octanol–water partition coefficient (Wildman–Crippen LogP) is 1.46. The molecule has 5 nitrogen and oxygen atoms in total. The second kappa shape index (κ2) is 5.08. The van der Waals surface area contributed by atoms with E-state index in [4.69, 9.17) is 19.3 Å². The average molecular weight is 274 g/mol. The SMILES string of the molecule is COc1cc(B2OC(C)(C)C(C)(C)O2)c(CC#N)cn1. The fraction of sp³-hybridized carbons (Fsp3) is 0.571. The van der Waals surface area contributed by atoms with Crippen LogP contribution in [-0.2, 0) is 15.7 Å². The van der Waals surface area contributed by atoms with Crippen LogP contribution >= 0.6 is 0 Å². The van der Waals surface area contributed by atoms with Crippen molar-refractivity contribution < 1.29 is 14.0 Å². The van der Waals surface area contributed by atoms with Gasteiger partial charge < -0.3 is 14.0 Å². The summed E-state index contributed by atoms with van der Waals surface area (Å²) < 4.78 is 17.2. The summed E-state index contributed by atoms with van der Waals surface area (Å²) in [6.07, 6.45) is 1.90. The first-order valence-corrected chi connectivity index (χ1v) is 6.56. The van der Waals surface area contributed by atoms with Crippen LogP contribution in [-0.4, -0.2) is 30.4 Å². The Balaban J connectivity index is 2.40. The molecule has 6 heteroatoms. The Morgan fingerprint density at radius 2 is 1.90 bits per heavy atom. The van der Waals surface area contributed by atoms with Crippen LogP contribution in [0.4, 0.5) is 0 Å². The van der Waals surface area contributed by atoms with Gasteiger partial charge in [-0.15, -0.1) is 0 Å². The van der Waals surface area contributed by atoms with Crippen molar-refractivity contribution in [1.82, 2.24) is 4.98 Å². The van der Waals surface area contributed by atoms with Gasteiger partial charge in [-0.25, -0.2) is 4.98 Å². The first-order valence-electron chi connectivity index (χ1n) is 6.56. The molecule has 1 aliphatic rings. The van der Waals surface area contributed by atoms with E-state index in [1.165, 1.54) is 0 Å². The molecular weight excluding hydrogens is 255 g/mol. The molecule has 0 N–H and O–H groups in total. The van der Waals surface area contributed by atoms with Gasteiger partial charge in [0, 0.05) is 12.3 Å². The number of pyridine rings is 1. The third-order valence-electron chi connectivity index (χ3n) is 3.98. The zero-order valence-corrected chi connectivity index (χ0v) is 12.6. The standard InChI is InChI=1S/C14H19BN2O3/c1-13(2)14(3,4)20-15(19-13)11-8-12(18-5)17-9-10(11)6-7-16/h8-9H,6H2,1-5H3. The van der Waals surface area contributed by atoms with Crippen LogP contribution in [0, 0.1) is 11.3 Å². The summed E-state index contributed by atoms with van der Waals surface area (Å²) >= 11 is 0. The number of hydrogen-bond acceptors (Lipinski definition) is 5. The molecule has 2 rings (SSSR count). The summed E-state index contributed by atoms with van der Waals surface area (Å²) in [6.45, 7) is 7.98. The van der Waals surface area contributed by atoms with Gasteiger partial charge in [-0.1, -0.05) is 0 Å². The first-order chi connectivity index (χ1) is 9.30. The normalized spacial score (nSPS) is 19.7. The van der Waals surface area contributed by atoms with E-state index in [0.717, 1.165) is 11.0 Å². The monoisotopic (exact) mass is 274 g/mol. The van der Waals surface area contributed by atoms with Crippen molar-refractivity contribution in [3.8, 4) is 11.9 Å². The number of nitriles is 1. The van der Waals surface area contributed by atoms with Gasteiger partial charge in [0.1, 0.15) is 0 Å². The second-order valence-electron chi connectivity index (χ2n) is 5.85. The third-order valence-corrected chi connectivity index (χ3v) is 3.98. The molecule has 1 aliphatic heterocycles. The molecule has 20 heavy (non-hydrogen) atoms. The van der Waals surface area contributed by atoms with Crippen LogP contribution in [0.5, 0.6) is 5.88 Å². The summed E-state index contributed by atoms with van der Waals surface area (Å²) in [5.74, 6) is 0.483. The molecule has 0 atom stereocenters. The van der Waals surface area contributed by atoms with E-state index in [1.807, 2.05) is 27.7 Å². The maximum absolute atomic E-state index is 8.93. The van der Waals surface area contributed by atoms with E-state index < -0.39 is 18.3 Å². The molecule has 0 aliphatic carbocycles. The summed E-state index contributed by atoms with van der Waals surface area (Å²) in [5.41, 5.74) is 0.764. The lowest BCUT2D eigenvalue weighted by molar-refractivity contribution is 0.00578. The largest absolute Gasteiger partial charge is 0.495 e. The minimum absolute atomic E-state index is 0.260. The number of methoxy groups -OCH3 is 1. The van der Waals surface area contributed by atoms with Crippen LogP contribution in [0.1, 0.15) is 33.3 Å². The maximum atomic E-state index is 8.93. The van der Waals surface area contributed by atoms with Crippen LogP contribution in [0.3, 0.4) is 0 Å². The highest BCUT2D eigenvalue weighted by Gasteiger charge is 2.52. The number of hydrogen-bond donors (Lipinski definition) is 0. The van der Waals surface area contributed by atoms with Crippen molar-refractivity contribution in [1.29, 1.82) is 5.26 Å². The highest BCUT2D eigenvalue weighted by atomic mass is 16.7. The Morgan fingerprint density at radius 1 is 1.30 bits per heavy atom. The predicted molar refractivity (Wildman–Crippen MR) is 75.8 cm³/mol. The van der Waals surface area contributed by atoms with Gasteiger partial charge in [-0.3, -0.25) is 0 Å². The Labute approximate surface area is 120 Å². The zero-order valence-electron chi connectivity index (χ0n) is 12.6. The molecular formula is C14H19BN2O3. The number of rotatable bonds is 3. The molecule has 0 spiro atoms. The highest BCUT2D eigenvalue weighted by Crippen LogP contribution is 2.36. The molecule has 2 heterocycles. The quantitative estimate of drug-likeness (QED) is 0.781. The number of aromatic nitrogens is 1. The summed E-state index contributed by atoms with van der Waals surface area (Å²) in [6, 6.07) is 3.91. The Hall–Kier alpha value is -1.58. The van der Waals surface area contributed by atoms with Gasteiger partial charge >= 0.3 is 7.12 Å². The summed E-state index contributed by atoms with van der Waals surface area (Å²) in [4.78, 5) is 4.14. The molecule has 0 unspecified atom stereocenters. The third kappa shape index (κ3) is 2.51.